The number of hydrogen-bond donors (Lipinski definition) is 1. The predicted molar refractivity (Wildman–Crippen MR) is 87.1 cm³/mol. The molecule has 0 amide bonds. The van der Waals surface area contributed by atoms with E-state index in [1.54, 1.807) is 0 Å². The topological polar surface area (TPSA) is 43.8 Å². The summed E-state index contributed by atoms with van der Waals surface area (Å²) in [5.41, 5.74) is 0.574. The van der Waals surface area contributed by atoms with Gasteiger partial charge in [0.25, 0.3) is 0 Å². The van der Waals surface area contributed by atoms with Gasteiger partial charge in [0.1, 0.15) is 0 Å². The van der Waals surface area contributed by atoms with Gasteiger partial charge in [0, 0.05) is 30.7 Å². The van der Waals surface area contributed by atoms with E-state index >= 15 is 0 Å². The van der Waals surface area contributed by atoms with Gasteiger partial charge in [-0.15, -0.1) is 0 Å². The maximum atomic E-state index is 12.0. The standard InChI is InChI=1S/C17H23ClN2O2/c1-19-9-2-8-17(16(21)22)12-20(10-7-15(17)19)11-13-3-5-14(18)6-4-13/h3-6,15H,2,7-12H2,1H3,(H,21,22)/t15-,17+/m1/s1. The first-order chi connectivity index (χ1) is 10.5. The minimum Gasteiger partial charge on any atom is -0.481 e. The molecule has 1 N–H and O–H groups in total. The fourth-order valence-electron chi connectivity index (χ4n) is 4.15. The van der Waals surface area contributed by atoms with Crippen molar-refractivity contribution in [2.24, 2.45) is 5.41 Å². The number of fused-ring (bicyclic) bond motifs is 1. The molecule has 0 radical (unpaired) electrons. The minimum absolute atomic E-state index is 0.167. The van der Waals surface area contributed by atoms with E-state index in [1.165, 1.54) is 5.56 Å². The number of carboxylic acids is 1. The summed E-state index contributed by atoms with van der Waals surface area (Å²) < 4.78 is 0. The number of carbonyl (C=O) groups is 1. The lowest BCUT2D eigenvalue weighted by atomic mass is 9.69. The molecule has 2 atom stereocenters. The number of likely N-dealkylation sites (tertiary alicyclic amines) is 2. The molecule has 2 fully saturated rings. The predicted octanol–water partition coefficient (Wildman–Crippen LogP) is 2.71. The molecule has 1 aromatic rings. The van der Waals surface area contributed by atoms with E-state index in [0.29, 0.717) is 6.54 Å². The summed E-state index contributed by atoms with van der Waals surface area (Å²) in [6.45, 7) is 3.39. The number of halogens is 1. The highest BCUT2D eigenvalue weighted by atomic mass is 35.5. The van der Waals surface area contributed by atoms with Crippen LogP contribution in [0.4, 0.5) is 0 Å². The third kappa shape index (κ3) is 2.87. The lowest BCUT2D eigenvalue weighted by molar-refractivity contribution is -0.163. The SMILES string of the molecule is CN1CCC[C@]2(C(=O)O)CN(Cc3ccc(Cl)cc3)CC[C@@H]12. The Morgan fingerprint density at radius 1 is 1.36 bits per heavy atom. The average Bonchev–Trinajstić information content (AvgIpc) is 2.49. The Morgan fingerprint density at radius 3 is 2.77 bits per heavy atom. The summed E-state index contributed by atoms with van der Waals surface area (Å²) in [7, 11) is 2.07. The maximum Gasteiger partial charge on any atom is 0.312 e. The second-order valence-corrected chi connectivity index (χ2v) is 7.12. The van der Waals surface area contributed by atoms with Gasteiger partial charge in [0.2, 0.25) is 0 Å². The van der Waals surface area contributed by atoms with Crippen molar-refractivity contribution < 1.29 is 9.90 Å². The summed E-state index contributed by atoms with van der Waals surface area (Å²) >= 11 is 5.93. The van der Waals surface area contributed by atoms with E-state index < -0.39 is 11.4 Å². The van der Waals surface area contributed by atoms with E-state index in [0.717, 1.165) is 43.9 Å². The zero-order valence-electron chi connectivity index (χ0n) is 13.0. The van der Waals surface area contributed by atoms with Gasteiger partial charge in [-0.1, -0.05) is 23.7 Å². The number of aliphatic carboxylic acids is 1. The summed E-state index contributed by atoms with van der Waals surface area (Å²) in [6.07, 6.45) is 2.68. The molecule has 0 aliphatic carbocycles. The molecule has 1 aromatic carbocycles. The van der Waals surface area contributed by atoms with E-state index in [2.05, 4.69) is 16.8 Å². The van der Waals surface area contributed by atoms with Crippen molar-refractivity contribution in [1.29, 1.82) is 0 Å². The van der Waals surface area contributed by atoms with Crippen LogP contribution in [0.25, 0.3) is 0 Å². The van der Waals surface area contributed by atoms with Crippen LogP contribution in [0.5, 0.6) is 0 Å². The second kappa shape index (κ2) is 6.19. The number of carboxylic acid groups (broad SMARTS) is 1. The summed E-state index contributed by atoms with van der Waals surface area (Å²) in [5, 5.41) is 10.6. The molecule has 5 heteroatoms. The Labute approximate surface area is 136 Å². The average molecular weight is 323 g/mol. The zero-order chi connectivity index (χ0) is 15.7. The van der Waals surface area contributed by atoms with Crippen molar-refractivity contribution in [3.05, 3.63) is 34.9 Å². The zero-order valence-corrected chi connectivity index (χ0v) is 13.7. The van der Waals surface area contributed by atoms with Crippen LogP contribution in [0.1, 0.15) is 24.8 Å². The third-order valence-electron chi connectivity index (χ3n) is 5.27. The van der Waals surface area contributed by atoms with Crippen molar-refractivity contribution in [3.8, 4) is 0 Å². The first kappa shape index (κ1) is 15.8. The fraction of sp³-hybridized carbons (Fsp3) is 0.588. The van der Waals surface area contributed by atoms with Gasteiger partial charge in [-0.05, 0) is 50.6 Å². The van der Waals surface area contributed by atoms with Gasteiger partial charge in [-0.25, -0.2) is 0 Å². The first-order valence-electron chi connectivity index (χ1n) is 7.92. The van der Waals surface area contributed by atoms with Crippen LogP contribution in [-0.4, -0.2) is 53.6 Å². The molecular weight excluding hydrogens is 300 g/mol. The summed E-state index contributed by atoms with van der Waals surface area (Å²) in [4.78, 5) is 16.6. The molecule has 0 bridgehead atoms. The van der Waals surface area contributed by atoms with Crippen molar-refractivity contribution >= 4 is 17.6 Å². The molecule has 0 saturated carbocycles. The molecule has 0 aromatic heterocycles. The molecule has 22 heavy (non-hydrogen) atoms. The van der Waals surface area contributed by atoms with Crippen molar-refractivity contribution in [1.82, 2.24) is 9.80 Å². The number of hydrogen-bond acceptors (Lipinski definition) is 3. The molecule has 120 valence electrons. The van der Waals surface area contributed by atoms with E-state index in [4.69, 9.17) is 11.6 Å². The van der Waals surface area contributed by atoms with Crippen molar-refractivity contribution in [3.63, 3.8) is 0 Å². The normalized spacial score (nSPS) is 30.0. The lowest BCUT2D eigenvalue weighted by Crippen LogP contribution is -2.63. The first-order valence-corrected chi connectivity index (χ1v) is 8.29. The van der Waals surface area contributed by atoms with E-state index in [9.17, 15) is 9.90 Å². The second-order valence-electron chi connectivity index (χ2n) is 6.69. The van der Waals surface area contributed by atoms with Gasteiger partial charge in [-0.3, -0.25) is 9.69 Å². The smallest absolute Gasteiger partial charge is 0.312 e. The highest BCUT2D eigenvalue weighted by molar-refractivity contribution is 6.30. The van der Waals surface area contributed by atoms with Gasteiger partial charge < -0.3 is 10.0 Å². The highest BCUT2D eigenvalue weighted by Crippen LogP contribution is 2.41. The van der Waals surface area contributed by atoms with E-state index in [1.807, 2.05) is 24.3 Å². The Hall–Kier alpha value is -1.10. The lowest BCUT2D eigenvalue weighted by Gasteiger charge is -2.52. The van der Waals surface area contributed by atoms with E-state index in [-0.39, 0.29) is 6.04 Å². The molecular formula is C17H23ClN2O2. The number of nitrogens with zero attached hydrogens (tertiary/aromatic N) is 2. The molecule has 2 heterocycles. The van der Waals surface area contributed by atoms with Crippen LogP contribution in [0, 0.1) is 5.41 Å². The Bertz CT molecular complexity index is 548. The quantitative estimate of drug-likeness (QED) is 0.929. The number of benzene rings is 1. The van der Waals surface area contributed by atoms with Gasteiger partial charge in [0.15, 0.2) is 0 Å². The number of rotatable bonds is 3. The fourth-order valence-corrected chi connectivity index (χ4v) is 4.28. The van der Waals surface area contributed by atoms with Crippen molar-refractivity contribution in [2.75, 3.05) is 26.7 Å². The Balaban J connectivity index is 1.76. The highest BCUT2D eigenvalue weighted by Gasteiger charge is 2.52. The molecule has 2 aliphatic heterocycles. The van der Waals surface area contributed by atoms with Crippen LogP contribution in [-0.2, 0) is 11.3 Å². The monoisotopic (exact) mass is 322 g/mol. The summed E-state index contributed by atoms with van der Waals surface area (Å²) in [6, 6.07) is 8.00. The Morgan fingerprint density at radius 2 is 2.09 bits per heavy atom. The summed E-state index contributed by atoms with van der Waals surface area (Å²) in [5.74, 6) is -0.634. The molecule has 0 spiro atoms. The minimum atomic E-state index is -0.634. The molecule has 2 saturated heterocycles. The largest absolute Gasteiger partial charge is 0.481 e. The molecule has 0 unspecified atom stereocenters. The number of piperidine rings is 2. The molecule has 4 nitrogen and oxygen atoms in total. The van der Waals surface area contributed by atoms with Crippen molar-refractivity contribution in [2.45, 2.75) is 31.8 Å². The van der Waals surface area contributed by atoms with Crippen LogP contribution < -0.4 is 0 Å². The third-order valence-corrected chi connectivity index (χ3v) is 5.53. The van der Waals surface area contributed by atoms with Crippen LogP contribution in [0.2, 0.25) is 5.02 Å². The van der Waals surface area contributed by atoms with Crippen LogP contribution in [0.15, 0.2) is 24.3 Å². The van der Waals surface area contributed by atoms with Gasteiger partial charge in [0.05, 0.1) is 5.41 Å². The van der Waals surface area contributed by atoms with Crippen LogP contribution in [0.3, 0.4) is 0 Å². The molecule has 2 aliphatic rings. The van der Waals surface area contributed by atoms with Crippen LogP contribution >= 0.6 is 11.6 Å². The molecule has 3 rings (SSSR count). The van der Waals surface area contributed by atoms with Gasteiger partial charge >= 0.3 is 5.97 Å². The maximum absolute atomic E-state index is 12.0. The van der Waals surface area contributed by atoms with Gasteiger partial charge in [-0.2, -0.15) is 0 Å². The Kier molecular flexibility index (Phi) is 4.44.